The molecule has 0 spiro atoms. The van der Waals surface area contributed by atoms with E-state index in [-0.39, 0.29) is 0 Å². The molecule has 1 unspecified atom stereocenters. The van der Waals surface area contributed by atoms with Crippen molar-refractivity contribution < 1.29 is 0 Å². The van der Waals surface area contributed by atoms with Crippen molar-refractivity contribution in [1.82, 2.24) is 0 Å². The number of nitrogens with zero attached hydrogens (tertiary/aromatic N) is 2. The first-order chi connectivity index (χ1) is 12.5. The number of anilines is 2. The number of hydrogen-bond acceptors (Lipinski definition) is 1. The molecule has 3 aromatic carbocycles. The molecule has 0 aliphatic heterocycles. The molecule has 0 aliphatic carbocycles. The average molecular weight is 379 g/mol. The van der Waals surface area contributed by atoms with Crippen LogP contribution in [0.4, 0.5) is 17.1 Å². The van der Waals surface area contributed by atoms with Crippen molar-refractivity contribution in [2.45, 2.75) is 19.6 Å². The smallest absolute Gasteiger partial charge is 0.197 e. The lowest BCUT2D eigenvalue weighted by Crippen LogP contribution is -2.42. The first-order valence-electron chi connectivity index (χ1n) is 8.78. The van der Waals surface area contributed by atoms with E-state index < -0.39 is 16.3 Å². The van der Waals surface area contributed by atoms with Crippen LogP contribution in [-0.2, 0) is 0 Å². The lowest BCUT2D eigenvalue weighted by molar-refractivity contribution is 1.42. The second kappa shape index (κ2) is 8.30. The van der Waals surface area contributed by atoms with Crippen molar-refractivity contribution in [3.63, 3.8) is 0 Å². The van der Waals surface area contributed by atoms with Crippen LogP contribution in [0.25, 0.3) is 0 Å². The van der Waals surface area contributed by atoms with Gasteiger partial charge in [-0.05, 0) is 60.8 Å². The van der Waals surface area contributed by atoms with E-state index in [0.29, 0.717) is 0 Å². The topological polar surface area (TPSA) is 27.6 Å². The van der Waals surface area contributed by atoms with Crippen LogP contribution < -0.4 is 9.42 Å². The van der Waals surface area contributed by atoms with Crippen LogP contribution in [0.2, 0.25) is 19.6 Å². The van der Waals surface area contributed by atoms with Gasteiger partial charge in [-0.3, -0.25) is 0 Å². The second-order valence-corrected chi connectivity index (χ2v) is 13.6. The van der Waals surface area contributed by atoms with Crippen LogP contribution in [0.15, 0.2) is 95.7 Å². The molecule has 3 rings (SSSR count). The molecule has 5 heteroatoms. The molecule has 0 bridgehead atoms. The van der Waals surface area contributed by atoms with Crippen molar-refractivity contribution >= 4 is 33.3 Å². The van der Waals surface area contributed by atoms with E-state index >= 15 is 0 Å². The molecule has 0 saturated heterocycles. The van der Waals surface area contributed by atoms with E-state index in [1.807, 2.05) is 24.3 Å². The third-order valence-corrected chi connectivity index (χ3v) is 9.18. The summed E-state index contributed by atoms with van der Waals surface area (Å²) in [4.78, 5) is 0. The number of rotatable bonds is 6. The van der Waals surface area contributed by atoms with Gasteiger partial charge in [0.2, 0.25) is 8.24 Å². The lowest BCUT2D eigenvalue weighted by atomic mass is 10.3. The van der Waals surface area contributed by atoms with Gasteiger partial charge >= 0.3 is 8.01 Å². The maximum atomic E-state index is 5.11. The van der Waals surface area contributed by atoms with E-state index in [1.54, 1.807) is 0 Å². The maximum absolute atomic E-state index is 5.11. The zero-order valence-corrected chi connectivity index (χ0v) is 17.4. The Morgan fingerprint density at radius 2 is 1.23 bits per heavy atom. The minimum absolute atomic E-state index is 0.971. The normalized spacial score (nSPS) is 11.9. The van der Waals surface area contributed by atoms with Gasteiger partial charge in [0.05, 0.1) is 11.4 Å². The number of para-hydroxylation sites is 2. The van der Waals surface area contributed by atoms with Gasteiger partial charge in [-0.2, -0.15) is 9.42 Å². The molecule has 1 atom stereocenters. The highest BCUT2D eigenvalue weighted by molar-refractivity contribution is 7.54. The standard InChI is InChI=1S/C21H25N3PSi/c1-26(2,3)24(21-17-11-6-12-18-21)25(22-19-13-7-4-8-14-19)23-20-15-9-5-10-16-20/h4-18H,1-3H3,(H,22,23)/q+1. The van der Waals surface area contributed by atoms with Crippen LogP contribution in [-0.4, -0.2) is 8.24 Å². The molecule has 0 saturated carbocycles. The molecule has 132 valence electrons. The SMILES string of the molecule is C[Si](C)(C)N(c1ccccc1)[P+](=Nc1ccccc1)Nc1ccccc1. The van der Waals surface area contributed by atoms with Crippen molar-refractivity contribution in [2.24, 2.45) is 4.74 Å². The first kappa shape index (κ1) is 18.4. The predicted octanol–water partition coefficient (Wildman–Crippen LogP) is 7.27. The summed E-state index contributed by atoms with van der Waals surface area (Å²) < 4.78 is 7.63. The average Bonchev–Trinajstić information content (AvgIpc) is 2.63. The fourth-order valence-corrected chi connectivity index (χ4v) is 7.51. The highest BCUT2D eigenvalue weighted by Gasteiger charge is 2.38. The third-order valence-electron chi connectivity index (χ3n) is 3.79. The molecule has 3 nitrogen and oxygen atoms in total. The van der Waals surface area contributed by atoms with Crippen LogP contribution in [0.5, 0.6) is 0 Å². The molecule has 0 heterocycles. The molecular formula is C21H25N3PSi+. The van der Waals surface area contributed by atoms with Gasteiger partial charge in [-0.15, -0.1) is 0 Å². The van der Waals surface area contributed by atoms with Gasteiger partial charge in [0.1, 0.15) is 5.69 Å². The highest BCUT2D eigenvalue weighted by atomic mass is 31.1. The Morgan fingerprint density at radius 3 is 1.77 bits per heavy atom. The summed E-state index contributed by atoms with van der Waals surface area (Å²) in [5, 5.41) is 3.69. The molecule has 26 heavy (non-hydrogen) atoms. The van der Waals surface area contributed by atoms with Gasteiger partial charge in [-0.25, -0.2) is 0 Å². The van der Waals surface area contributed by atoms with Gasteiger partial charge in [0, 0.05) is 0 Å². The molecule has 0 amide bonds. The number of benzene rings is 3. The Kier molecular flexibility index (Phi) is 5.87. The van der Waals surface area contributed by atoms with Gasteiger partial charge in [0.25, 0.3) is 0 Å². The van der Waals surface area contributed by atoms with Gasteiger partial charge < -0.3 is 0 Å². The van der Waals surface area contributed by atoms with Crippen molar-refractivity contribution in [1.29, 1.82) is 0 Å². The summed E-state index contributed by atoms with van der Waals surface area (Å²) in [6.45, 7) is 7.09. The first-order valence-corrected chi connectivity index (χ1v) is 13.5. The fraction of sp³-hybridized carbons (Fsp3) is 0.143. The fourth-order valence-electron chi connectivity index (χ4n) is 2.70. The summed E-state index contributed by atoms with van der Waals surface area (Å²) in [5.41, 5.74) is 3.32. The molecular weight excluding hydrogens is 353 g/mol. The summed E-state index contributed by atoms with van der Waals surface area (Å²) in [6.07, 6.45) is 0. The van der Waals surface area contributed by atoms with Crippen molar-refractivity contribution in [3.8, 4) is 0 Å². The van der Waals surface area contributed by atoms with Crippen molar-refractivity contribution in [3.05, 3.63) is 91.0 Å². The largest absolute Gasteiger partial charge is 0.451 e. The van der Waals surface area contributed by atoms with E-state index in [9.17, 15) is 0 Å². The monoisotopic (exact) mass is 378 g/mol. The summed E-state index contributed by atoms with van der Waals surface area (Å²) in [7, 11) is -2.66. The summed E-state index contributed by atoms with van der Waals surface area (Å²) in [6, 6.07) is 31.2. The lowest BCUT2D eigenvalue weighted by Gasteiger charge is -2.27. The Labute approximate surface area is 158 Å². The third kappa shape index (κ3) is 4.81. The van der Waals surface area contributed by atoms with Crippen LogP contribution in [0.3, 0.4) is 0 Å². The molecule has 0 radical (unpaired) electrons. The maximum Gasteiger partial charge on any atom is 0.451 e. The molecule has 0 fully saturated rings. The highest BCUT2D eigenvalue weighted by Crippen LogP contribution is 2.43. The molecule has 0 aromatic heterocycles. The Morgan fingerprint density at radius 1 is 0.731 bits per heavy atom. The number of nitrogens with one attached hydrogen (secondary N) is 1. The van der Waals surface area contributed by atoms with Gasteiger partial charge in [-0.1, -0.05) is 54.6 Å². The Bertz CT molecular complexity index is 847. The zero-order valence-electron chi connectivity index (χ0n) is 15.5. The quantitative estimate of drug-likeness (QED) is 0.361. The van der Waals surface area contributed by atoms with Crippen LogP contribution >= 0.6 is 8.01 Å². The second-order valence-electron chi connectivity index (χ2n) is 7.02. The predicted molar refractivity (Wildman–Crippen MR) is 118 cm³/mol. The minimum Gasteiger partial charge on any atom is -0.197 e. The minimum atomic E-state index is -1.69. The van der Waals surface area contributed by atoms with Crippen LogP contribution in [0, 0.1) is 0 Å². The number of hydrogen-bond donors (Lipinski definition) is 1. The Hall–Kier alpha value is -2.42. The summed E-state index contributed by atoms with van der Waals surface area (Å²) in [5.74, 6) is 0. The van der Waals surface area contributed by atoms with E-state index in [0.717, 1.165) is 11.4 Å². The Balaban J connectivity index is 2.09. The summed E-state index contributed by atoms with van der Waals surface area (Å²) >= 11 is 0. The molecule has 3 aromatic rings. The van der Waals surface area contributed by atoms with E-state index in [1.165, 1.54) is 5.69 Å². The van der Waals surface area contributed by atoms with E-state index in [4.69, 9.17) is 4.74 Å². The molecule has 1 N–H and O–H groups in total. The zero-order chi connectivity index (χ0) is 18.4. The van der Waals surface area contributed by atoms with Gasteiger partial charge in [0.15, 0.2) is 0 Å². The molecule has 0 aliphatic rings. The van der Waals surface area contributed by atoms with Crippen LogP contribution in [0.1, 0.15) is 0 Å². The van der Waals surface area contributed by atoms with Crippen molar-refractivity contribution in [2.75, 3.05) is 9.42 Å². The van der Waals surface area contributed by atoms with E-state index in [2.05, 4.69) is 95.8 Å².